The molecule has 0 bridgehead atoms. The summed E-state index contributed by atoms with van der Waals surface area (Å²) in [7, 11) is 1.29. The predicted octanol–water partition coefficient (Wildman–Crippen LogP) is 2.69. The summed E-state index contributed by atoms with van der Waals surface area (Å²) in [5.74, 6) is -1.02. The second-order valence-electron chi connectivity index (χ2n) is 9.34. The molecule has 3 rings (SSSR count). The van der Waals surface area contributed by atoms with E-state index in [2.05, 4.69) is 75.0 Å². The maximum Gasteiger partial charge on any atom is 0.330 e. The molecule has 0 spiro atoms. The molecule has 0 unspecified atom stereocenters. The Morgan fingerprint density at radius 3 is 2.42 bits per heavy atom. The van der Waals surface area contributed by atoms with E-state index >= 15 is 0 Å². The molecule has 3 N–H and O–H groups in total. The third kappa shape index (κ3) is 7.38. The van der Waals surface area contributed by atoms with E-state index in [1.165, 1.54) is 35.6 Å². The van der Waals surface area contributed by atoms with Crippen molar-refractivity contribution in [2.45, 2.75) is 57.8 Å². The van der Waals surface area contributed by atoms with Crippen LogP contribution in [0.4, 0.5) is 0 Å². The van der Waals surface area contributed by atoms with Crippen LogP contribution in [0.3, 0.4) is 0 Å². The van der Waals surface area contributed by atoms with Crippen LogP contribution in [-0.2, 0) is 19.1 Å². The molecule has 1 heterocycles. The van der Waals surface area contributed by atoms with Crippen molar-refractivity contribution < 1.29 is 19.1 Å². The summed E-state index contributed by atoms with van der Waals surface area (Å²) in [6.45, 7) is 7.81. The Morgan fingerprint density at radius 1 is 1.00 bits per heavy atom. The van der Waals surface area contributed by atoms with Gasteiger partial charge in [-0.15, -0.1) is 0 Å². The van der Waals surface area contributed by atoms with Crippen LogP contribution in [0.15, 0.2) is 54.6 Å². The molecule has 2 amide bonds. The number of rotatable bonds is 10. The highest BCUT2D eigenvalue weighted by atomic mass is 16.5. The predicted molar refractivity (Wildman–Crippen MR) is 141 cm³/mol. The van der Waals surface area contributed by atoms with Crippen LogP contribution < -0.4 is 16.0 Å². The Labute approximate surface area is 213 Å². The fraction of sp³-hybridized carbons (Fsp3) is 0.464. The number of likely N-dealkylation sites (tertiary alicyclic amines) is 1. The van der Waals surface area contributed by atoms with Gasteiger partial charge in [0.15, 0.2) is 0 Å². The average molecular weight is 495 g/mol. The average Bonchev–Trinajstić information content (AvgIpc) is 2.90. The highest BCUT2D eigenvalue weighted by Gasteiger charge is 2.27. The molecule has 36 heavy (non-hydrogen) atoms. The number of fused-ring (bicyclic) bond motifs is 1. The molecular formula is C28H38N4O4. The van der Waals surface area contributed by atoms with Crippen LogP contribution in [-0.4, -0.2) is 67.6 Å². The van der Waals surface area contributed by atoms with Crippen LogP contribution >= 0.6 is 0 Å². The summed E-state index contributed by atoms with van der Waals surface area (Å²) < 4.78 is 4.49. The summed E-state index contributed by atoms with van der Waals surface area (Å²) in [6.07, 6.45) is 4.64. The molecular weight excluding hydrogens is 456 g/mol. The Morgan fingerprint density at radius 2 is 1.69 bits per heavy atom. The lowest BCUT2D eigenvalue weighted by atomic mass is 9.96. The van der Waals surface area contributed by atoms with Gasteiger partial charge in [0.1, 0.15) is 6.04 Å². The zero-order valence-corrected chi connectivity index (χ0v) is 21.6. The lowest BCUT2D eigenvalue weighted by Gasteiger charge is -2.37. The SMILES string of the molecule is COC(=O)/C=C/CNC(=O)[C@@H](C)NC(=O)[C@@H](C)NC1CCN([C@H](C)c2cccc3ccccc23)CC1. The molecule has 0 aromatic heterocycles. The van der Waals surface area contributed by atoms with Gasteiger partial charge in [0, 0.05) is 37.8 Å². The van der Waals surface area contributed by atoms with Crippen molar-refractivity contribution in [1.29, 1.82) is 0 Å². The number of nitrogens with zero attached hydrogens (tertiary/aromatic N) is 1. The van der Waals surface area contributed by atoms with E-state index in [-0.39, 0.29) is 24.4 Å². The van der Waals surface area contributed by atoms with E-state index in [0.29, 0.717) is 6.04 Å². The molecule has 3 atom stereocenters. The first kappa shape index (κ1) is 27.4. The zero-order valence-electron chi connectivity index (χ0n) is 21.6. The van der Waals surface area contributed by atoms with Gasteiger partial charge in [-0.1, -0.05) is 48.5 Å². The summed E-state index contributed by atoms with van der Waals surface area (Å²) in [5, 5.41) is 11.4. The second kappa shape index (κ2) is 13.2. The number of carbonyl (C=O) groups is 3. The number of ether oxygens (including phenoxy) is 1. The zero-order chi connectivity index (χ0) is 26.1. The maximum absolute atomic E-state index is 12.6. The first-order chi connectivity index (χ1) is 17.3. The first-order valence-corrected chi connectivity index (χ1v) is 12.6. The van der Waals surface area contributed by atoms with E-state index < -0.39 is 18.1 Å². The van der Waals surface area contributed by atoms with Gasteiger partial charge in [-0.3, -0.25) is 14.5 Å². The van der Waals surface area contributed by atoms with Crippen LogP contribution in [0.25, 0.3) is 10.8 Å². The minimum Gasteiger partial charge on any atom is -0.466 e. The van der Waals surface area contributed by atoms with E-state index in [1.54, 1.807) is 6.92 Å². The standard InChI is InChI=1S/C28H38N4O4/c1-19(27(34)29-16-8-13-26(33)36-4)31-28(35)20(2)30-23-14-17-32(18-15-23)21(3)24-12-7-10-22-9-5-6-11-25(22)24/h5-13,19-21,23,30H,14-18H2,1-4H3,(H,29,34)(H,31,35)/b13-8+/t19-,20-,21-/m1/s1. The number of esters is 1. The minimum atomic E-state index is -0.684. The number of amides is 2. The molecule has 2 aromatic rings. The van der Waals surface area contributed by atoms with Gasteiger partial charge in [0.05, 0.1) is 13.2 Å². The number of carbonyl (C=O) groups excluding carboxylic acids is 3. The number of benzene rings is 2. The van der Waals surface area contributed by atoms with Crippen LogP contribution in [0, 0.1) is 0 Å². The molecule has 8 nitrogen and oxygen atoms in total. The Hall–Kier alpha value is -3.23. The monoisotopic (exact) mass is 494 g/mol. The molecule has 2 aromatic carbocycles. The third-order valence-corrected chi connectivity index (χ3v) is 6.83. The fourth-order valence-electron chi connectivity index (χ4n) is 4.63. The first-order valence-electron chi connectivity index (χ1n) is 12.6. The molecule has 1 aliphatic rings. The van der Waals surface area contributed by atoms with Crippen molar-refractivity contribution in [3.8, 4) is 0 Å². The minimum absolute atomic E-state index is 0.178. The van der Waals surface area contributed by atoms with Crippen LogP contribution in [0.1, 0.15) is 45.2 Å². The summed E-state index contributed by atoms with van der Waals surface area (Å²) in [5.41, 5.74) is 1.35. The van der Waals surface area contributed by atoms with Gasteiger partial charge >= 0.3 is 5.97 Å². The van der Waals surface area contributed by atoms with Gasteiger partial charge in [-0.2, -0.15) is 0 Å². The van der Waals surface area contributed by atoms with Gasteiger partial charge in [0.2, 0.25) is 11.8 Å². The van der Waals surface area contributed by atoms with Crippen molar-refractivity contribution in [1.82, 2.24) is 20.9 Å². The van der Waals surface area contributed by atoms with Gasteiger partial charge in [-0.05, 0) is 49.9 Å². The molecule has 8 heteroatoms. The van der Waals surface area contributed by atoms with Gasteiger partial charge in [-0.25, -0.2) is 4.79 Å². The van der Waals surface area contributed by atoms with Crippen molar-refractivity contribution in [2.24, 2.45) is 0 Å². The molecule has 0 aliphatic carbocycles. The molecule has 1 saturated heterocycles. The van der Waals surface area contributed by atoms with Crippen LogP contribution in [0.2, 0.25) is 0 Å². The van der Waals surface area contributed by atoms with Crippen molar-refractivity contribution in [2.75, 3.05) is 26.7 Å². The molecule has 1 fully saturated rings. The Balaban J connectivity index is 1.43. The molecule has 0 saturated carbocycles. The number of hydrogen-bond donors (Lipinski definition) is 3. The highest BCUT2D eigenvalue weighted by molar-refractivity contribution is 5.89. The van der Waals surface area contributed by atoms with Gasteiger partial charge < -0.3 is 20.7 Å². The summed E-state index contributed by atoms with van der Waals surface area (Å²) >= 11 is 0. The summed E-state index contributed by atoms with van der Waals surface area (Å²) in [4.78, 5) is 38.4. The van der Waals surface area contributed by atoms with Gasteiger partial charge in [0.25, 0.3) is 0 Å². The van der Waals surface area contributed by atoms with E-state index in [1.807, 2.05) is 6.92 Å². The number of nitrogens with one attached hydrogen (secondary N) is 3. The van der Waals surface area contributed by atoms with E-state index in [4.69, 9.17) is 0 Å². The summed E-state index contributed by atoms with van der Waals surface area (Å²) in [6, 6.07) is 14.5. The number of hydrogen-bond acceptors (Lipinski definition) is 6. The lowest BCUT2D eigenvalue weighted by Crippen LogP contribution is -2.54. The second-order valence-corrected chi connectivity index (χ2v) is 9.34. The normalized spacial score (nSPS) is 17.4. The molecule has 194 valence electrons. The molecule has 0 radical (unpaired) electrons. The quantitative estimate of drug-likeness (QED) is 0.347. The van der Waals surface area contributed by atoms with E-state index in [0.717, 1.165) is 25.9 Å². The smallest absolute Gasteiger partial charge is 0.330 e. The number of piperidine rings is 1. The Kier molecular flexibility index (Phi) is 10.0. The molecule has 1 aliphatic heterocycles. The third-order valence-electron chi connectivity index (χ3n) is 6.83. The topological polar surface area (TPSA) is 99.8 Å². The van der Waals surface area contributed by atoms with E-state index in [9.17, 15) is 14.4 Å². The fourth-order valence-corrected chi connectivity index (χ4v) is 4.63. The van der Waals surface area contributed by atoms with Crippen LogP contribution in [0.5, 0.6) is 0 Å². The lowest BCUT2D eigenvalue weighted by molar-refractivity contribution is -0.134. The van der Waals surface area contributed by atoms with Crippen molar-refractivity contribution >= 4 is 28.6 Å². The Bertz CT molecular complexity index is 1070. The largest absolute Gasteiger partial charge is 0.466 e. The number of methoxy groups -OCH3 is 1. The van der Waals surface area contributed by atoms with Crippen molar-refractivity contribution in [3.63, 3.8) is 0 Å². The highest BCUT2D eigenvalue weighted by Crippen LogP contribution is 2.30. The maximum atomic E-state index is 12.6. The van der Waals surface area contributed by atoms with Crippen molar-refractivity contribution in [3.05, 3.63) is 60.2 Å².